The zero-order valence-electron chi connectivity index (χ0n) is 15.6. The molecule has 1 aromatic heterocycles. The molecule has 2 rings (SSSR count). The van der Waals surface area contributed by atoms with Crippen LogP contribution in [0.5, 0.6) is 0 Å². The summed E-state index contributed by atoms with van der Waals surface area (Å²) in [4.78, 5) is 24.7. The first-order valence-electron chi connectivity index (χ1n) is 8.01. The van der Waals surface area contributed by atoms with Crippen molar-refractivity contribution in [3.63, 3.8) is 0 Å². The van der Waals surface area contributed by atoms with Gasteiger partial charge in [-0.05, 0) is 39.0 Å². The Balaban J connectivity index is 2.42. The van der Waals surface area contributed by atoms with Crippen molar-refractivity contribution >= 4 is 27.4 Å². The number of rotatable bonds is 5. The normalized spacial score (nSPS) is 11.1. The minimum absolute atomic E-state index is 0.00987. The third-order valence-corrected chi connectivity index (χ3v) is 5.02. The molecule has 5 N–H and O–H groups in total. The van der Waals surface area contributed by atoms with Crippen molar-refractivity contribution in [2.45, 2.75) is 32.2 Å². The Morgan fingerprint density at radius 3 is 2.33 bits per heavy atom. The van der Waals surface area contributed by atoms with Crippen LogP contribution < -0.4 is 16.8 Å². The van der Waals surface area contributed by atoms with E-state index in [1.807, 2.05) is 20.8 Å². The van der Waals surface area contributed by atoms with E-state index < -0.39 is 21.7 Å². The van der Waals surface area contributed by atoms with Crippen LogP contribution >= 0.6 is 0 Å². The lowest BCUT2D eigenvalue weighted by atomic mass is 10.1. The van der Waals surface area contributed by atoms with E-state index in [1.54, 1.807) is 0 Å². The molecule has 2 aromatic rings. The van der Waals surface area contributed by atoms with Gasteiger partial charge in [0.25, 0.3) is 5.91 Å². The maximum Gasteiger partial charge on any atom is 0.282 e. The largest absolute Gasteiger partial charge is 0.379 e. The SMILES string of the molecule is Cc1nc(C)c(CNc2ccc(S(C)(=O)=O)cc2C(=O)N=C(N)N)nc1C. The van der Waals surface area contributed by atoms with Gasteiger partial charge in [-0.15, -0.1) is 0 Å². The Bertz CT molecular complexity index is 1030. The van der Waals surface area contributed by atoms with E-state index in [2.05, 4.69) is 20.3 Å². The molecule has 0 aliphatic rings. The Kier molecular flexibility index (Phi) is 5.79. The maximum atomic E-state index is 12.3. The van der Waals surface area contributed by atoms with Gasteiger partial charge in [0.15, 0.2) is 15.8 Å². The van der Waals surface area contributed by atoms with E-state index in [-0.39, 0.29) is 10.5 Å². The van der Waals surface area contributed by atoms with Gasteiger partial charge in [-0.3, -0.25) is 14.8 Å². The number of aryl methyl sites for hydroxylation is 3. The molecule has 0 saturated heterocycles. The highest BCUT2D eigenvalue weighted by atomic mass is 32.2. The minimum atomic E-state index is -3.50. The van der Waals surface area contributed by atoms with Crippen LogP contribution in [0.1, 0.15) is 33.1 Å². The van der Waals surface area contributed by atoms with Crippen LogP contribution in [-0.2, 0) is 16.4 Å². The number of carbonyl (C=O) groups excluding carboxylic acids is 1. The van der Waals surface area contributed by atoms with Gasteiger partial charge >= 0.3 is 0 Å². The molecule has 1 heterocycles. The highest BCUT2D eigenvalue weighted by Crippen LogP contribution is 2.22. The molecule has 1 amide bonds. The second-order valence-corrected chi connectivity index (χ2v) is 8.12. The van der Waals surface area contributed by atoms with E-state index in [4.69, 9.17) is 11.5 Å². The van der Waals surface area contributed by atoms with Crippen molar-refractivity contribution in [1.82, 2.24) is 9.97 Å². The van der Waals surface area contributed by atoms with Crippen LogP contribution in [0.4, 0.5) is 5.69 Å². The predicted molar refractivity (Wildman–Crippen MR) is 103 cm³/mol. The lowest BCUT2D eigenvalue weighted by molar-refractivity contribution is 0.100. The van der Waals surface area contributed by atoms with Crippen LogP contribution in [0.15, 0.2) is 28.1 Å². The number of amides is 1. The smallest absolute Gasteiger partial charge is 0.282 e. The van der Waals surface area contributed by atoms with Crippen LogP contribution in [0, 0.1) is 20.8 Å². The predicted octanol–water partition coefficient (Wildman–Crippen LogP) is 0.831. The van der Waals surface area contributed by atoms with Crippen molar-refractivity contribution in [1.29, 1.82) is 0 Å². The standard InChI is InChI=1S/C17H22N6O3S/c1-9-10(2)22-15(11(3)21-9)8-20-14-6-5-12(27(4,25)26)7-13(14)16(24)23-17(18)19/h5-7,20H,8H2,1-4H3,(H4,18,19,23,24). The first-order chi connectivity index (χ1) is 12.5. The first kappa shape index (κ1) is 20.3. The molecule has 9 nitrogen and oxygen atoms in total. The monoisotopic (exact) mass is 390 g/mol. The van der Waals surface area contributed by atoms with E-state index >= 15 is 0 Å². The fourth-order valence-electron chi connectivity index (χ4n) is 2.37. The molecule has 0 unspecified atom stereocenters. The summed E-state index contributed by atoms with van der Waals surface area (Å²) in [6.07, 6.45) is 1.05. The average molecular weight is 390 g/mol. The van der Waals surface area contributed by atoms with Crippen LogP contribution in [0.2, 0.25) is 0 Å². The van der Waals surface area contributed by atoms with Crippen molar-refractivity contribution in [2.24, 2.45) is 16.5 Å². The molecule has 0 atom stereocenters. The Hall–Kier alpha value is -3.01. The second-order valence-electron chi connectivity index (χ2n) is 6.10. The van der Waals surface area contributed by atoms with Crippen LogP contribution in [0.3, 0.4) is 0 Å². The third-order valence-electron chi connectivity index (χ3n) is 3.91. The van der Waals surface area contributed by atoms with Gasteiger partial charge in [-0.2, -0.15) is 4.99 Å². The number of benzene rings is 1. The van der Waals surface area contributed by atoms with Crippen molar-refractivity contribution in [2.75, 3.05) is 11.6 Å². The quantitative estimate of drug-likeness (QED) is 0.501. The van der Waals surface area contributed by atoms with Gasteiger partial charge in [-0.25, -0.2) is 8.42 Å². The summed E-state index contributed by atoms with van der Waals surface area (Å²) in [6, 6.07) is 4.14. The number of nitrogens with two attached hydrogens (primary N) is 2. The topological polar surface area (TPSA) is 153 Å². The number of sulfone groups is 1. The maximum absolute atomic E-state index is 12.3. The molecule has 0 radical (unpaired) electrons. The summed E-state index contributed by atoms with van der Waals surface area (Å²) in [5.74, 6) is -1.16. The van der Waals surface area contributed by atoms with E-state index in [0.717, 1.165) is 23.3 Å². The first-order valence-corrected chi connectivity index (χ1v) is 9.91. The molecule has 27 heavy (non-hydrogen) atoms. The molecular formula is C17H22N6O3S. The lowest BCUT2D eigenvalue weighted by Crippen LogP contribution is -2.24. The summed E-state index contributed by atoms with van der Waals surface area (Å²) < 4.78 is 23.6. The molecule has 0 aliphatic heterocycles. The number of anilines is 1. The molecule has 0 spiro atoms. The van der Waals surface area contributed by atoms with E-state index in [9.17, 15) is 13.2 Å². The number of carbonyl (C=O) groups is 1. The van der Waals surface area contributed by atoms with Gasteiger partial charge in [0.1, 0.15) is 0 Å². The zero-order valence-corrected chi connectivity index (χ0v) is 16.4. The molecule has 0 fully saturated rings. The number of nitrogens with zero attached hydrogens (tertiary/aromatic N) is 3. The average Bonchev–Trinajstić information content (AvgIpc) is 2.55. The summed E-state index contributed by atoms with van der Waals surface area (Å²) in [6.45, 7) is 5.87. The van der Waals surface area contributed by atoms with Crippen LogP contribution in [0.25, 0.3) is 0 Å². The Labute approximate surface area is 157 Å². The summed E-state index contributed by atoms with van der Waals surface area (Å²) in [5.41, 5.74) is 14.1. The van der Waals surface area contributed by atoms with Crippen molar-refractivity contribution < 1.29 is 13.2 Å². The van der Waals surface area contributed by atoms with E-state index in [0.29, 0.717) is 17.9 Å². The van der Waals surface area contributed by atoms with Gasteiger partial charge in [0.2, 0.25) is 0 Å². The minimum Gasteiger partial charge on any atom is -0.379 e. The van der Waals surface area contributed by atoms with Gasteiger partial charge in [-0.1, -0.05) is 0 Å². The molecule has 0 aliphatic carbocycles. The summed E-state index contributed by atoms with van der Waals surface area (Å²) in [5, 5.41) is 3.08. The fourth-order valence-corrected chi connectivity index (χ4v) is 3.02. The number of aliphatic imine (C=N–C) groups is 1. The van der Waals surface area contributed by atoms with Gasteiger partial charge in [0.05, 0.1) is 39.8 Å². The van der Waals surface area contributed by atoms with Crippen molar-refractivity contribution in [3.8, 4) is 0 Å². The third kappa shape index (κ3) is 5.00. The fraction of sp³-hybridized carbons (Fsp3) is 0.294. The zero-order chi connectivity index (χ0) is 20.4. The van der Waals surface area contributed by atoms with E-state index in [1.165, 1.54) is 18.2 Å². The van der Waals surface area contributed by atoms with Crippen LogP contribution in [-0.4, -0.2) is 36.5 Å². The van der Waals surface area contributed by atoms with Crippen molar-refractivity contribution in [3.05, 3.63) is 46.5 Å². The number of hydrogen-bond acceptors (Lipinski definition) is 6. The molecule has 10 heteroatoms. The molecule has 144 valence electrons. The lowest BCUT2D eigenvalue weighted by Gasteiger charge is -2.13. The molecule has 0 bridgehead atoms. The second kappa shape index (κ2) is 7.70. The number of nitrogens with one attached hydrogen (secondary N) is 1. The highest BCUT2D eigenvalue weighted by Gasteiger charge is 2.17. The number of hydrogen-bond donors (Lipinski definition) is 3. The Morgan fingerprint density at radius 1 is 1.11 bits per heavy atom. The van der Waals surface area contributed by atoms with Gasteiger partial charge < -0.3 is 16.8 Å². The summed E-state index contributed by atoms with van der Waals surface area (Å²) >= 11 is 0. The number of guanidine groups is 1. The molecular weight excluding hydrogens is 368 g/mol. The summed E-state index contributed by atoms with van der Waals surface area (Å²) in [7, 11) is -3.50. The Morgan fingerprint density at radius 2 is 1.74 bits per heavy atom. The molecule has 0 saturated carbocycles. The molecule has 1 aromatic carbocycles. The van der Waals surface area contributed by atoms with Gasteiger partial charge in [0, 0.05) is 11.9 Å². The number of aromatic nitrogens is 2. The highest BCUT2D eigenvalue weighted by molar-refractivity contribution is 7.90.